The molecular formula is C16H20N4OS. The third-order valence-electron chi connectivity index (χ3n) is 3.95. The van der Waals surface area contributed by atoms with E-state index in [0.29, 0.717) is 5.25 Å². The number of benzene rings is 1. The van der Waals surface area contributed by atoms with E-state index >= 15 is 0 Å². The number of nitrogens with zero attached hydrogens (tertiary/aromatic N) is 3. The minimum Gasteiger partial charge on any atom is -0.323 e. The van der Waals surface area contributed by atoms with E-state index in [-0.39, 0.29) is 11.9 Å². The molecule has 1 amide bonds. The molecule has 0 bridgehead atoms. The molecule has 1 aromatic heterocycles. The zero-order chi connectivity index (χ0) is 15.4. The summed E-state index contributed by atoms with van der Waals surface area (Å²) in [5.74, 6) is -0.0787. The highest BCUT2D eigenvalue weighted by molar-refractivity contribution is 8.00. The molecule has 116 valence electrons. The van der Waals surface area contributed by atoms with Crippen molar-refractivity contribution in [3.8, 4) is 0 Å². The fraction of sp³-hybridized carbons (Fsp3) is 0.438. The van der Waals surface area contributed by atoms with Crippen LogP contribution in [0.1, 0.15) is 38.6 Å². The van der Waals surface area contributed by atoms with Gasteiger partial charge in [-0.15, -0.1) is 11.8 Å². The number of rotatable bonds is 5. The van der Waals surface area contributed by atoms with Crippen LogP contribution in [0, 0.1) is 0 Å². The van der Waals surface area contributed by atoms with Gasteiger partial charge in [-0.05, 0) is 31.9 Å². The van der Waals surface area contributed by atoms with E-state index in [0.717, 1.165) is 10.6 Å². The number of carbonyl (C=O) groups is 1. The Labute approximate surface area is 134 Å². The van der Waals surface area contributed by atoms with Crippen LogP contribution in [0.4, 0.5) is 5.69 Å². The average Bonchev–Trinajstić information content (AvgIpc) is 3.21. The molecule has 5 nitrogen and oxygen atoms in total. The van der Waals surface area contributed by atoms with Gasteiger partial charge >= 0.3 is 0 Å². The second-order valence-corrected chi connectivity index (χ2v) is 6.90. The first-order valence-corrected chi connectivity index (χ1v) is 8.52. The highest BCUT2D eigenvalue weighted by Gasteiger charge is 2.20. The molecule has 6 heteroatoms. The summed E-state index contributed by atoms with van der Waals surface area (Å²) in [4.78, 5) is 17.4. The normalized spacial score (nSPS) is 16.6. The molecule has 1 heterocycles. The highest BCUT2D eigenvalue weighted by atomic mass is 32.2. The molecule has 0 radical (unpaired) electrons. The van der Waals surface area contributed by atoms with E-state index in [1.807, 2.05) is 36.9 Å². The Morgan fingerprint density at radius 3 is 2.86 bits per heavy atom. The van der Waals surface area contributed by atoms with Gasteiger partial charge in [0.25, 0.3) is 0 Å². The molecule has 1 aromatic carbocycles. The lowest BCUT2D eigenvalue weighted by molar-refractivity contribution is -0.119. The van der Waals surface area contributed by atoms with Crippen LogP contribution in [-0.2, 0) is 4.79 Å². The van der Waals surface area contributed by atoms with E-state index in [9.17, 15) is 4.79 Å². The fourth-order valence-corrected chi connectivity index (χ4v) is 3.96. The molecular weight excluding hydrogens is 296 g/mol. The van der Waals surface area contributed by atoms with Crippen molar-refractivity contribution in [3.05, 3.63) is 36.9 Å². The predicted molar refractivity (Wildman–Crippen MR) is 87.9 cm³/mol. The molecule has 2 aromatic rings. The van der Waals surface area contributed by atoms with Crippen LogP contribution in [0.2, 0.25) is 0 Å². The molecule has 1 fully saturated rings. The van der Waals surface area contributed by atoms with Crippen molar-refractivity contribution in [2.24, 2.45) is 0 Å². The molecule has 0 unspecified atom stereocenters. The maximum Gasteiger partial charge on any atom is 0.249 e. The van der Waals surface area contributed by atoms with Crippen LogP contribution in [-0.4, -0.2) is 25.9 Å². The third kappa shape index (κ3) is 3.50. The summed E-state index contributed by atoms with van der Waals surface area (Å²) in [5, 5.41) is 7.72. The third-order valence-corrected chi connectivity index (χ3v) is 5.37. The van der Waals surface area contributed by atoms with Gasteiger partial charge in [-0.2, -0.15) is 5.10 Å². The smallest absolute Gasteiger partial charge is 0.249 e. The minimum absolute atomic E-state index is 0.0787. The van der Waals surface area contributed by atoms with E-state index in [1.54, 1.807) is 11.0 Å². The summed E-state index contributed by atoms with van der Waals surface area (Å²) >= 11 is 1.88. The summed E-state index contributed by atoms with van der Waals surface area (Å²) in [6.07, 6.45) is 8.16. The summed E-state index contributed by atoms with van der Waals surface area (Å²) < 4.78 is 1.56. The van der Waals surface area contributed by atoms with Crippen LogP contribution >= 0.6 is 11.8 Å². The zero-order valence-corrected chi connectivity index (χ0v) is 13.4. The van der Waals surface area contributed by atoms with Gasteiger partial charge < -0.3 is 5.32 Å². The van der Waals surface area contributed by atoms with Crippen LogP contribution in [0.25, 0.3) is 0 Å². The number of thioether (sulfide) groups is 1. The lowest BCUT2D eigenvalue weighted by Crippen LogP contribution is -2.24. The van der Waals surface area contributed by atoms with Crippen LogP contribution in [0.5, 0.6) is 0 Å². The fourth-order valence-electron chi connectivity index (χ4n) is 2.63. The van der Waals surface area contributed by atoms with Gasteiger partial charge in [0, 0.05) is 10.1 Å². The van der Waals surface area contributed by atoms with Gasteiger partial charge in [0.1, 0.15) is 18.7 Å². The average molecular weight is 316 g/mol. The van der Waals surface area contributed by atoms with Gasteiger partial charge in [-0.25, -0.2) is 9.67 Å². The summed E-state index contributed by atoms with van der Waals surface area (Å²) in [6, 6.07) is 7.64. The number of amides is 1. The maximum absolute atomic E-state index is 12.4. The van der Waals surface area contributed by atoms with Crippen LogP contribution in [0.3, 0.4) is 0 Å². The largest absolute Gasteiger partial charge is 0.323 e. The van der Waals surface area contributed by atoms with Crippen LogP contribution < -0.4 is 5.32 Å². The number of hydrogen-bond acceptors (Lipinski definition) is 4. The quantitative estimate of drug-likeness (QED) is 0.917. The number of hydrogen-bond donors (Lipinski definition) is 1. The van der Waals surface area contributed by atoms with E-state index in [2.05, 4.69) is 21.5 Å². The van der Waals surface area contributed by atoms with Crippen molar-refractivity contribution in [1.29, 1.82) is 0 Å². The lowest BCUT2D eigenvalue weighted by atomic mass is 10.2. The first kappa shape index (κ1) is 15.1. The predicted octanol–water partition coefficient (Wildman–Crippen LogP) is 3.51. The number of anilines is 1. The highest BCUT2D eigenvalue weighted by Crippen LogP contribution is 2.38. The molecule has 1 aliphatic rings. The van der Waals surface area contributed by atoms with Crippen molar-refractivity contribution >= 4 is 23.4 Å². The minimum atomic E-state index is -0.382. The van der Waals surface area contributed by atoms with E-state index in [4.69, 9.17) is 0 Å². The second-order valence-electron chi connectivity index (χ2n) is 5.56. The Bertz CT molecular complexity index is 623. The number of para-hydroxylation sites is 1. The molecule has 22 heavy (non-hydrogen) atoms. The summed E-state index contributed by atoms with van der Waals surface area (Å²) in [6.45, 7) is 1.82. The lowest BCUT2D eigenvalue weighted by Gasteiger charge is -2.16. The van der Waals surface area contributed by atoms with Crippen molar-refractivity contribution in [2.75, 3.05) is 5.32 Å². The Balaban J connectivity index is 1.70. The molecule has 1 aliphatic carbocycles. The Morgan fingerprint density at radius 1 is 1.36 bits per heavy atom. The van der Waals surface area contributed by atoms with E-state index < -0.39 is 0 Å². The van der Waals surface area contributed by atoms with Gasteiger partial charge in [-0.1, -0.05) is 25.0 Å². The van der Waals surface area contributed by atoms with Gasteiger partial charge in [0.2, 0.25) is 5.91 Å². The van der Waals surface area contributed by atoms with Gasteiger partial charge in [-0.3, -0.25) is 4.79 Å². The monoisotopic (exact) mass is 316 g/mol. The first-order valence-electron chi connectivity index (χ1n) is 7.64. The van der Waals surface area contributed by atoms with Crippen molar-refractivity contribution in [2.45, 2.75) is 48.8 Å². The molecule has 3 rings (SSSR count). The molecule has 1 atom stereocenters. The van der Waals surface area contributed by atoms with Crippen molar-refractivity contribution < 1.29 is 4.79 Å². The Morgan fingerprint density at radius 2 is 2.14 bits per heavy atom. The molecule has 0 spiro atoms. The van der Waals surface area contributed by atoms with Gasteiger partial charge in [0.15, 0.2) is 0 Å². The topological polar surface area (TPSA) is 59.8 Å². The number of nitrogens with one attached hydrogen (secondary N) is 1. The molecule has 0 aliphatic heterocycles. The molecule has 1 saturated carbocycles. The zero-order valence-electron chi connectivity index (χ0n) is 12.6. The van der Waals surface area contributed by atoms with Crippen molar-refractivity contribution in [1.82, 2.24) is 14.8 Å². The standard InChI is InChI=1S/C16H20N4OS/c1-12(20-11-17-10-18-20)16(21)19-14-8-4-5-9-15(14)22-13-6-2-3-7-13/h4-5,8-13H,2-3,6-7H2,1H3,(H,19,21)/t12-/m0/s1. The number of carbonyl (C=O) groups excluding carboxylic acids is 1. The Hall–Kier alpha value is -1.82. The first-order chi connectivity index (χ1) is 10.7. The van der Waals surface area contributed by atoms with Gasteiger partial charge in [0.05, 0.1) is 5.69 Å². The van der Waals surface area contributed by atoms with E-state index in [1.165, 1.54) is 32.0 Å². The SMILES string of the molecule is C[C@@H](C(=O)Nc1ccccc1SC1CCCC1)n1cncn1. The second kappa shape index (κ2) is 6.96. The summed E-state index contributed by atoms with van der Waals surface area (Å²) in [7, 11) is 0. The van der Waals surface area contributed by atoms with Crippen molar-refractivity contribution in [3.63, 3.8) is 0 Å². The maximum atomic E-state index is 12.4. The number of aromatic nitrogens is 3. The van der Waals surface area contributed by atoms with Crippen LogP contribution in [0.15, 0.2) is 41.8 Å². The summed E-state index contributed by atoms with van der Waals surface area (Å²) in [5.41, 5.74) is 0.886. The molecule has 0 saturated heterocycles. The molecule has 1 N–H and O–H groups in total. The Kier molecular flexibility index (Phi) is 4.77.